The summed E-state index contributed by atoms with van der Waals surface area (Å²) in [6, 6.07) is 0. The van der Waals surface area contributed by atoms with Gasteiger partial charge in [0, 0.05) is 33.2 Å². The molecule has 0 unspecified atom stereocenters. The average molecular weight is 308 g/mol. The highest BCUT2D eigenvalue weighted by molar-refractivity contribution is 7.86. The molecule has 0 aliphatic carbocycles. The largest absolute Gasteiger partial charge is 0.317 e. The van der Waals surface area contributed by atoms with Gasteiger partial charge in [-0.3, -0.25) is 0 Å². The van der Waals surface area contributed by atoms with E-state index in [1.807, 2.05) is 32.8 Å². The van der Waals surface area contributed by atoms with Crippen molar-refractivity contribution in [3.05, 3.63) is 0 Å². The molecule has 0 aliphatic rings. The first-order valence-corrected chi connectivity index (χ1v) is 8.82. The molecule has 0 saturated carbocycles. The van der Waals surface area contributed by atoms with Crippen molar-refractivity contribution in [2.75, 3.05) is 60.4 Å². The van der Waals surface area contributed by atoms with E-state index in [0.717, 1.165) is 32.5 Å². The molecule has 0 aromatic rings. The quantitative estimate of drug-likeness (QED) is 0.532. The zero-order chi connectivity index (χ0) is 15.6. The van der Waals surface area contributed by atoms with Crippen molar-refractivity contribution in [2.24, 2.45) is 0 Å². The standard InChI is InChI=1S/C13H32N4O2S/c1-6-10-17(13-12-15(3)4)20(18,19)16(5)11-8-9-14-7-2/h14H,6-13H2,1-5H3. The maximum absolute atomic E-state index is 12.5. The van der Waals surface area contributed by atoms with Crippen LogP contribution in [0.1, 0.15) is 26.7 Å². The van der Waals surface area contributed by atoms with Crippen LogP contribution in [0.2, 0.25) is 0 Å². The molecule has 0 atom stereocenters. The molecule has 0 heterocycles. The van der Waals surface area contributed by atoms with Crippen molar-refractivity contribution in [1.82, 2.24) is 18.8 Å². The fourth-order valence-electron chi connectivity index (χ4n) is 1.82. The summed E-state index contributed by atoms with van der Waals surface area (Å²) in [6.45, 7) is 8.23. The number of nitrogens with zero attached hydrogens (tertiary/aromatic N) is 3. The van der Waals surface area contributed by atoms with Gasteiger partial charge in [-0.1, -0.05) is 13.8 Å². The lowest BCUT2D eigenvalue weighted by molar-refractivity contribution is 0.311. The Kier molecular flexibility index (Phi) is 10.4. The van der Waals surface area contributed by atoms with Crippen LogP contribution in [0, 0.1) is 0 Å². The van der Waals surface area contributed by atoms with E-state index in [2.05, 4.69) is 5.32 Å². The summed E-state index contributed by atoms with van der Waals surface area (Å²) in [4.78, 5) is 2.00. The topological polar surface area (TPSA) is 55.9 Å². The summed E-state index contributed by atoms with van der Waals surface area (Å²) in [6.07, 6.45) is 1.66. The molecule has 0 aromatic heterocycles. The normalized spacial score (nSPS) is 12.8. The van der Waals surface area contributed by atoms with Crippen molar-refractivity contribution in [2.45, 2.75) is 26.7 Å². The van der Waals surface area contributed by atoms with Gasteiger partial charge in [-0.05, 0) is 40.0 Å². The Labute approximate surface area is 125 Å². The predicted octanol–water partition coefficient (Wildman–Crippen LogP) is 0.436. The summed E-state index contributed by atoms with van der Waals surface area (Å²) in [5.74, 6) is 0. The maximum atomic E-state index is 12.5. The molecule has 0 bridgehead atoms. The van der Waals surface area contributed by atoms with Crippen LogP contribution in [0.15, 0.2) is 0 Å². The highest BCUT2D eigenvalue weighted by Gasteiger charge is 2.25. The summed E-state index contributed by atoms with van der Waals surface area (Å²) in [5.41, 5.74) is 0. The molecule has 0 aromatic carbocycles. The van der Waals surface area contributed by atoms with Crippen molar-refractivity contribution in [3.63, 3.8) is 0 Å². The number of hydrogen-bond donors (Lipinski definition) is 1. The minimum Gasteiger partial charge on any atom is -0.317 e. The van der Waals surface area contributed by atoms with Crippen molar-refractivity contribution in [3.8, 4) is 0 Å². The fraction of sp³-hybridized carbons (Fsp3) is 1.00. The van der Waals surface area contributed by atoms with Crippen LogP contribution in [0.3, 0.4) is 0 Å². The van der Waals surface area contributed by atoms with Gasteiger partial charge in [0.2, 0.25) is 0 Å². The zero-order valence-corrected chi connectivity index (χ0v) is 14.5. The van der Waals surface area contributed by atoms with E-state index in [4.69, 9.17) is 0 Å². The third kappa shape index (κ3) is 7.54. The number of likely N-dealkylation sites (N-methyl/N-ethyl adjacent to an activating group) is 1. The van der Waals surface area contributed by atoms with Gasteiger partial charge in [-0.15, -0.1) is 0 Å². The molecule has 0 saturated heterocycles. The second kappa shape index (κ2) is 10.5. The van der Waals surface area contributed by atoms with Crippen LogP contribution in [-0.2, 0) is 10.2 Å². The minimum absolute atomic E-state index is 0.542. The average Bonchev–Trinajstić information content (AvgIpc) is 2.38. The molecule has 0 rings (SSSR count). The van der Waals surface area contributed by atoms with E-state index in [9.17, 15) is 8.42 Å². The van der Waals surface area contributed by atoms with Crippen molar-refractivity contribution in [1.29, 1.82) is 0 Å². The van der Waals surface area contributed by atoms with Gasteiger partial charge < -0.3 is 10.2 Å². The van der Waals surface area contributed by atoms with Gasteiger partial charge >= 0.3 is 0 Å². The van der Waals surface area contributed by atoms with Gasteiger partial charge in [0.1, 0.15) is 0 Å². The smallest absolute Gasteiger partial charge is 0.281 e. The Morgan fingerprint density at radius 3 is 2.10 bits per heavy atom. The van der Waals surface area contributed by atoms with E-state index in [1.165, 1.54) is 4.31 Å². The third-order valence-corrected chi connectivity index (χ3v) is 5.05. The lowest BCUT2D eigenvalue weighted by Crippen LogP contribution is -2.45. The zero-order valence-electron chi connectivity index (χ0n) is 13.7. The van der Waals surface area contributed by atoms with E-state index < -0.39 is 10.2 Å². The second-order valence-electron chi connectivity index (χ2n) is 5.24. The second-order valence-corrected chi connectivity index (χ2v) is 7.27. The Morgan fingerprint density at radius 2 is 1.60 bits per heavy atom. The number of rotatable bonds is 12. The van der Waals surface area contributed by atoms with Gasteiger partial charge in [0.15, 0.2) is 0 Å². The van der Waals surface area contributed by atoms with Crippen LogP contribution >= 0.6 is 0 Å². The minimum atomic E-state index is -3.33. The molecule has 1 N–H and O–H groups in total. The van der Waals surface area contributed by atoms with Gasteiger partial charge in [0.05, 0.1) is 0 Å². The number of hydrogen-bond acceptors (Lipinski definition) is 4. The van der Waals surface area contributed by atoms with Crippen LogP contribution in [0.5, 0.6) is 0 Å². The molecule has 6 nitrogen and oxygen atoms in total. The Bertz CT molecular complexity index is 333. The van der Waals surface area contributed by atoms with Gasteiger partial charge in [-0.2, -0.15) is 17.0 Å². The molecular formula is C13H32N4O2S. The highest BCUT2D eigenvalue weighted by atomic mass is 32.2. The lowest BCUT2D eigenvalue weighted by atomic mass is 10.4. The van der Waals surface area contributed by atoms with E-state index >= 15 is 0 Å². The molecule has 122 valence electrons. The molecular weight excluding hydrogens is 276 g/mol. The Hall–Kier alpha value is -0.210. The van der Waals surface area contributed by atoms with Gasteiger partial charge in [0.25, 0.3) is 10.2 Å². The summed E-state index contributed by atoms with van der Waals surface area (Å²) in [7, 11) is 2.24. The van der Waals surface area contributed by atoms with E-state index in [-0.39, 0.29) is 0 Å². The molecule has 20 heavy (non-hydrogen) atoms. The Balaban J connectivity index is 4.50. The summed E-state index contributed by atoms with van der Waals surface area (Å²) >= 11 is 0. The lowest BCUT2D eigenvalue weighted by Gasteiger charge is -2.28. The van der Waals surface area contributed by atoms with Crippen LogP contribution in [0.25, 0.3) is 0 Å². The predicted molar refractivity (Wildman–Crippen MR) is 85.1 cm³/mol. The molecule has 0 aliphatic heterocycles. The van der Waals surface area contributed by atoms with E-state index in [1.54, 1.807) is 11.4 Å². The number of nitrogens with one attached hydrogen (secondary N) is 1. The summed E-state index contributed by atoms with van der Waals surface area (Å²) < 4.78 is 28.1. The summed E-state index contributed by atoms with van der Waals surface area (Å²) in [5, 5.41) is 3.21. The fourth-order valence-corrected chi connectivity index (χ4v) is 3.30. The van der Waals surface area contributed by atoms with Crippen molar-refractivity contribution < 1.29 is 8.42 Å². The maximum Gasteiger partial charge on any atom is 0.281 e. The third-order valence-electron chi connectivity index (χ3n) is 3.07. The monoisotopic (exact) mass is 308 g/mol. The van der Waals surface area contributed by atoms with E-state index in [0.29, 0.717) is 19.6 Å². The van der Waals surface area contributed by atoms with Crippen molar-refractivity contribution >= 4 is 10.2 Å². The molecule has 0 spiro atoms. The molecule has 0 radical (unpaired) electrons. The van der Waals surface area contributed by atoms with Crippen LogP contribution < -0.4 is 5.32 Å². The molecule has 0 fully saturated rings. The molecule has 0 amide bonds. The Morgan fingerprint density at radius 1 is 0.950 bits per heavy atom. The first-order valence-electron chi connectivity index (χ1n) is 7.43. The highest BCUT2D eigenvalue weighted by Crippen LogP contribution is 2.08. The first kappa shape index (κ1) is 19.8. The first-order chi connectivity index (χ1) is 9.36. The SMILES string of the molecule is CCCN(CCN(C)C)S(=O)(=O)N(C)CCCNCC. The van der Waals surface area contributed by atoms with Gasteiger partial charge in [-0.25, -0.2) is 0 Å². The van der Waals surface area contributed by atoms with Crippen LogP contribution in [-0.4, -0.2) is 82.3 Å². The van der Waals surface area contributed by atoms with Crippen LogP contribution in [0.4, 0.5) is 0 Å². The molecule has 7 heteroatoms.